The van der Waals surface area contributed by atoms with Crippen molar-refractivity contribution < 1.29 is 18.5 Å². The number of nitrogens with one attached hydrogen (secondary N) is 1. The first-order valence-electron chi connectivity index (χ1n) is 6.49. The summed E-state index contributed by atoms with van der Waals surface area (Å²) in [6, 6.07) is 5.76. The summed E-state index contributed by atoms with van der Waals surface area (Å²) in [5.74, 6) is -2.31. The van der Waals surface area contributed by atoms with Crippen LogP contribution in [0.3, 0.4) is 0 Å². The van der Waals surface area contributed by atoms with Gasteiger partial charge in [-0.3, -0.25) is 14.9 Å². The minimum atomic E-state index is -0.816. The third kappa shape index (κ3) is 3.81. The summed E-state index contributed by atoms with van der Waals surface area (Å²) in [5, 5.41) is 13.5. The molecule has 1 N–H and O–H groups in total. The fourth-order valence-corrected chi connectivity index (χ4v) is 2.22. The number of amides is 1. The lowest BCUT2D eigenvalue weighted by Gasteiger charge is -2.15. The maximum Gasteiger partial charge on any atom is 0.283 e. The number of nitro benzene ring substituents is 1. The van der Waals surface area contributed by atoms with Crippen LogP contribution < -0.4 is 5.32 Å². The zero-order valence-corrected chi connectivity index (χ0v) is 12.6. The molecule has 0 saturated carbocycles. The molecule has 2 aromatic rings. The molecule has 0 spiro atoms. The Kier molecular flexibility index (Phi) is 4.90. The van der Waals surface area contributed by atoms with Gasteiger partial charge in [-0.05, 0) is 25.1 Å². The van der Waals surface area contributed by atoms with E-state index in [-0.39, 0.29) is 16.1 Å². The maximum absolute atomic E-state index is 13.7. The van der Waals surface area contributed by atoms with Crippen molar-refractivity contribution in [3.05, 3.63) is 74.3 Å². The first-order valence-corrected chi connectivity index (χ1v) is 6.87. The number of nitrogens with zero attached hydrogens (tertiary/aromatic N) is 1. The second-order valence-corrected chi connectivity index (χ2v) is 5.22. The third-order valence-electron chi connectivity index (χ3n) is 3.18. The standard InChI is InChI=1S/C15H11ClF2N2O3/c1-8(11-5-3-10(17)7-13(11)18)19-15(21)12-4-2-9(16)6-14(12)20(22)23/h2-8H,1H3,(H,19,21). The Morgan fingerprint density at radius 2 is 1.96 bits per heavy atom. The quantitative estimate of drug-likeness (QED) is 0.675. The van der Waals surface area contributed by atoms with Crippen molar-refractivity contribution in [2.75, 3.05) is 0 Å². The molecule has 0 bridgehead atoms. The zero-order valence-electron chi connectivity index (χ0n) is 11.8. The van der Waals surface area contributed by atoms with E-state index in [4.69, 9.17) is 11.6 Å². The highest BCUT2D eigenvalue weighted by molar-refractivity contribution is 6.31. The molecule has 0 aliphatic carbocycles. The molecule has 0 fully saturated rings. The Morgan fingerprint density at radius 3 is 2.57 bits per heavy atom. The van der Waals surface area contributed by atoms with Crippen LogP contribution >= 0.6 is 11.6 Å². The summed E-state index contributed by atoms with van der Waals surface area (Å²) < 4.78 is 26.6. The van der Waals surface area contributed by atoms with Crippen molar-refractivity contribution in [2.24, 2.45) is 0 Å². The number of hydrogen-bond donors (Lipinski definition) is 1. The molecule has 2 aromatic carbocycles. The summed E-state index contributed by atoms with van der Waals surface area (Å²) in [6.07, 6.45) is 0. The van der Waals surface area contributed by atoms with Gasteiger partial charge in [0.2, 0.25) is 0 Å². The topological polar surface area (TPSA) is 72.2 Å². The Labute approximate surface area is 135 Å². The monoisotopic (exact) mass is 340 g/mol. The molecule has 5 nitrogen and oxygen atoms in total. The molecule has 8 heteroatoms. The molecule has 0 aliphatic heterocycles. The molecule has 23 heavy (non-hydrogen) atoms. The SMILES string of the molecule is CC(NC(=O)c1ccc(Cl)cc1[N+](=O)[O-])c1ccc(F)cc1F. The second-order valence-electron chi connectivity index (χ2n) is 4.78. The maximum atomic E-state index is 13.7. The van der Waals surface area contributed by atoms with E-state index in [1.54, 1.807) is 0 Å². The Morgan fingerprint density at radius 1 is 1.26 bits per heavy atom. The van der Waals surface area contributed by atoms with Gasteiger partial charge in [0.1, 0.15) is 17.2 Å². The van der Waals surface area contributed by atoms with Gasteiger partial charge in [0.05, 0.1) is 11.0 Å². The van der Waals surface area contributed by atoms with Gasteiger partial charge >= 0.3 is 0 Å². The van der Waals surface area contributed by atoms with Gasteiger partial charge in [-0.25, -0.2) is 8.78 Å². The van der Waals surface area contributed by atoms with E-state index < -0.39 is 34.2 Å². The molecular weight excluding hydrogens is 330 g/mol. The zero-order chi connectivity index (χ0) is 17.1. The molecule has 0 heterocycles. The minimum absolute atomic E-state index is 0.0661. The number of carbonyl (C=O) groups is 1. The van der Waals surface area contributed by atoms with Crippen molar-refractivity contribution in [1.29, 1.82) is 0 Å². The second kappa shape index (κ2) is 6.70. The molecule has 1 amide bonds. The summed E-state index contributed by atoms with van der Waals surface area (Å²) in [6.45, 7) is 1.48. The van der Waals surface area contributed by atoms with E-state index in [1.165, 1.54) is 25.1 Å². The number of carbonyl (C=O) groups excluding carboxylic acids is 1. The lowest BCUT2D eigenvalue weighted by molar-refractivity contribution is -0.385. The van der Waals surface area contributed by atoms with Crippen LogP contribution in [0.25, 0.3) is 0 Å². The number of hydrogen-bond acceptors (Lipinski definition) is 3. The molecule has 2 rings (SSSR count). The average Bonchev–Trinajstić information content (AvgIpc) is 2.46. The van der Waals surface area contributed by atoms with Crippen LogP contribution in [0, 0.1) is 21.7 Å². The number of halogens is 3. The first-order chi connectivity index (χ1) is 10.8. The minimum Gasteiger partial charge on any atom is -0.345 e. The van der Waals surface area contributed by atoms with Gasteiger partial charge in [0.25, 0.3) is 11.6 Å². The molecule has 0 radical (unpaired) electrons. The van der Waals surface area contributed by atoms with Crippen LogP contribution in [0.2, 0.25) is 5.02 Å². The van der Waals surface area contributed by atoms with E-state index in [1.807, 2.05) is 0 Å². The van der Waals surface area contributed by atoms with E-state index in [0.29, 0.717) is 6.07 Å². The van der Waals surface area contributed by atoms with Gasteiger partial charge < -0.3 is 5.32 Å². The van der Waals surface area contributed by atoms with Gasteiger partial charge in [-0.15, -0.1) is 0 Å². The summed E-state index contributed by atoms with van der Waals surface area (Å²) in [7, 11) is 0. The lowest BCUT2D eigenvalue weighted by atomic mass is 10.1. The van der Waals surface area contributed by atoms with Gasteiger partial charge in [0.15, 0.2) is 0 Å². The molecule has 1 unspecified atom stereocenters. The van der Waals surface area contributed by atoms with Crippen molar-refractivity contribution in [1.82, 2.24) is 5.32 Å². The average molecular weight is 341 g/mol. The summed E-state index contributed by atoms with van der Waals surface area (Å²) >= 11 is 5.68. The van der Waals surface area contributed by atoms with Crippen molar-refractivity contribution in [2.45, 2.75) is 13.0 Å². The van der Waals surface area contributed by atoms with E-state index >= 15 is 0 Å². The number of rotatable bonds is 4. The van der Waals surface area contributed by atoms with Gasteiger partial charge in [-0.2, -0.15) is 0 Å². The van der Waals surface area contributed by atoms with Crippen LogP contribution in [0.5, 0.6) is 0 Å². The smallest absolute Gasteiger partial charge is 0.283 e. The van der Waals surface area contributed by atoms with Crippen molar-refractivity contribution in [3.8, 4) is 0 Å². The normalized spacial score (nSPS) is 11.8. The summed E-state index contributed by atoms with van der Waals surface area (Å²) in [4.78, 5) is 22.4. The van der Waals surface area contributed by atoms with Crippen LogP contribution in [0.15, 0.2) is 36.4 Å². The highest BCUT2D eigenvalue weighted by atomic mass is 35.5. The van der Waals surface area contributed by atoms with Gasteiger partial charge in [-0.1, -0.05) is 17.7 Å². The fraction of sp³-hybridized carbons (Fsp3) is 0.133. The van der Waals surface area contributed by atoms with E-state index in [9.17, 15) is 23.7 Å². The van der Waals surface area contributed by atoms with E-state index in [0.717, 1.165) is 12.1 Å². The lowest BCUT2D eigenvalue weighted by Crippen LogP contribution is -2.27. The number of nitro groups is 1. The molecule has 0 aromatic heterocycles. The third-order valence-corrected chi connectivity index (χ3v) is 3.41. The Balaban J connectivity index is 2.27. The highest BCUT2D eigenvalue weighted by Crippen LogP contribution is 2.24. The van der Waals surface area contributed by atoms with Crippen LogP contribution in [0.4, 0.5) is 14.5 Å². The summed E-state index contributed by atoms with van der Waals surface area (Å²) in [5.41, 5.74) is -0.591. The molecule has 120 valence electrons. The van der Waals surface area contributed by atoms with E-state index in [2.05, 4.69) is 5.32 Å². The van der Waals surface area contributed by atoms with Crippen molar-refractivity contribution >= 4 is 23.2 Å². The van der Waals surface area contributed by atoms with Crippen LogP contribution in [-0.4, -0.2) is 10.8 Å². The predicted octanol–water partition coefficient (Wildman–Crippen LogP) is 4.02. The largest absolute Gasteiger partial charge is 0.345 e. The molecule has 0 saturated heterocycles. The first kappa shape index (κ1) is 16.8. The Hall–Kier alpha value is -2.54. The highest BCUT2D eigenvalue weighted by Gasteiger charge is 2.23. The van der Waals surface area contributed by atoms with Crippen molar-refractivity contribution in [3.63, 3.8) is 0 Å². The van der Waals surface area contributed by atoms with Crippen LogP contribution in [0.1, 0.15) is 28.9 Å². The van der Waals surface area contributed by atoms with Gasteiger partial charge in [0, 0.05) is 22.7 Å². The predicted molar refractivity (Wildman–Crippen MR) is 80.3 cm³/mol. The van der Waals surface area contributed by atoms with Crippen LogP contribution in [-0.2, 0) is 0 Å². The molecule has 0 aliphatic rings. The molecule has 1 atom stereocenters. The molecular formula is C15H11ClF2N2O3. The Bertz CT molecular complexity index is 783. The fourth-order valence-electron chi connectivity index (χ4n) is 2.05. The number of benzene rings is 2.